The van der Waals surface area contributed by atoms with Gasteiger partial charge in [0.25, 0.3) is 0 Å². The fourth-order valence-corrected chi connectivity index (χ4v) is 4.87. The third-order valence-electron chi connectivity index (χ3n) is 4.06. The topological polar surface area (TPSA) is 97.2 Å². The van der Waals surface area contributed by atoms with Gasteiger partial charge in [-0.2, -0.15) is 11.3 Å². The van der Waals surface area contributed by atoms with E-state index in [2.05, 4.69) is 15.5 Å². The fourth-order valence-electron chi connectivity index (χ4n) is 2.53. The molecule has 0 aliphatic rings. The third-order valence-corrected chi connectivity index (χ3v) is 7.54. The maximum Gasteiger partial charge on any atom is 0.242 e. The minimum atomic E-state index is -3.49. The molecule has 8 nitrogen and oxygen atoms in total. The number of aromatic nitrogens is 3. The lowest BCUT2D eigenvalue weighted by atomic mass is 10.3. The van der Waals surface area contributed by atoms with Gasteiger partial charge in [-0.1, -0.05) is 11.8 Å². The summed E-state index contributed by atoms with van der Waals surface area (Å²) >= 11 is 2.90. The summed E-state index contributed by atoms with van der Waals surface area (Å²) in [4.78, 5) is 12.5. The molecule has 2 aromatic heterocycles. The summed E-state index contributed by atoms with van der Waals surface area (Å²) in [6.07, 6.45) is 0. The van der Waals surface area contributed by atoms with Crippen LogP contribution in [0.4, 0.5) is 5.69 Å². The highest BCUT2D eigenvalue weighted by Gasteiger charge is 2.17. The monoisotopic (exact) mass is 451 g/mol. The van der Waals surface area contributed by atoms with E-state index in [9.17, 15) is 13.2 Å². The molecule has 3 aromatic rings. The van der Waals surface area contributed by atoms with E-state index in [0.29, 0.717) is 17.4 Å². The number of benzene rings is 1. The van der Waals surface area contributed by atoms with Gasteiger partial charge in [0.05, 0.1) is 10.6 Å². The first-order chi connectivity index (χ1) is 13.8. The number of anilines is 1. The Morgan fingerprint density at radius 3 is 2.52 bits per heavy atom. The van der Waals surface area contributed by atoms with Crippen molar-refractivity contribution in [3.05, 3.63) is 41.1 Å². The number of thiophene rings is 1. The minimum Gasteiger partial charge on any atom is -0.325 e. The molecule has 0 spiro atoms. The molecule has 29 heavy (non-hydrogen) atoms. The van der Waals surface area contributed by atoms with Gasteiger partial charge in [-0.15, -0.1) is 10.2 Å². The third kappa shape index (κ3) is 4.86. The molecular weight excluding hydrogens is 430 g/mol. The molecule has 154 valence electrons. The van der Waals surface area contributed by atoms with Crippen LogP contribution in [-0.2, 0) is 21.4 Å². The number of nitrogens with zero attached hydrogens (tertiary/aromatic N) is 4. The van der Waals surface area contributed by atoms with Crippen LogP contribution in [0.1, 0.15) is 6.92 Å². The Labute approximate surface area is 178 Å². The van der Waals surface area contributed by atoms with Crippen LogP contribution < -0.4 is 5.32 Å². The number of thioether (sulfide) groups is 1. The lowest BCUT2D eigenvalue weighted by Gasteiger charge is -2.12. The van der Waals surface area contributed by atoms with Crippen molar-refractivity contribution in [2.75, 3.05) is 25.2 Å². The Hall–Kier alpha value is -2.21. The maximum absolute atomic E-state index is 12.3. The second-order valence-electron chi connectivity index (χ2n) is 6.21. The van der Waals surface area contributed by atoms with Gasteiger partial charge in [0.15, 0.2) is 11.0 Å². The summed E-state index contributed by atoms with van der Waals surface area (Å²) in [5.74, 6) is 0.745. The highest BCUT2D eigenvalue weighted by atomic mass is 32.2. The second kappa shape index (κ2) is 9.08. The van der Waals surface area contributed by atoms with Gasteiger partial charge < -0.3 is 9.88 Å². The molecule has 0 unspecified atom stereocenters. The van der Waals surface area contributed by atoms with Gasteiger partial charge in [-0.25, -0.2) is 12.7 Å². The molecular formula is C18H21N5O3S3. The fraction of sp³-hybridized carbons (Fsp3) is 0.278. The molecule has 0 aliphatic carbocycles. The zero-order valence-electron chi connectivity index (χ0n) is 16.2. The van der Waals surface area contributed by atoms with E-state index in [1.54, 1.807) is 23.5 Å². The zero-order chi connectivity index (χ0) is 21.0. The van der Waals surface area contributed by atoms with E-state index >= 15 is 0 Å². The van der Waals surface area contributed by atoms with E-state index in [1.165, 1.54) is 38.0 Å². The van der Waals surface area contributed by atoms with Gasteiger partial charge in [0.2, 0.25) is 15.9 Å². The first kappa shape index (κ1) is 21.5. The molecule has 0 saturated heterocycles. The average molecular weight is 452 g/mol. The van der Waals surface area contributed by atoms with E-state index in [-0.39, 0.29) is 16.6 Å². The van der Waals surface area contributed by atoms with Crippen molar-refractivity contribution in [1.29, 1.82) is 0 Å². The van der Waals surface area contributed by atoms with Crippen molar-refractivity contribution in [1.82, 2.24) is 19.1 Å². The molecule has 2 heterocycles. The normalized spacial score (nSPS) is 11.7. The average Bonchev–Trinajstić information content (AvgIpc) is 3.35. The van der Waals surface area contributed by atoms with Crippen molar-refractivity contribution in [2.45, 2.75) is 23.5 Å². The lowest BCUT2D eigenvalue weighted by Crippen LogP contribution is -2.22. The molecule has 0 saturated carbocycles. The lowest BCUT2D eigenvalue weighted by molar-refractivity contribution is -0.113. The van der Waals surface area contributed by atoms with Crippen LogP contribution in [0.25, 0.3) is 11.4 Å². The van der Waals surface area contributed by atoms with Gasteiger partial charge in [0.1, 0.15) is 0 Å². The van der Waals surface area contributed by atoms with Gasteiger partial charge in [-0.05, 0) is 42.6 Å². The molecule has 3 rings (SSSR count). The number of carbonyl (C=O) groups excluding carboxylic acids is 1. The van der Waals surface area contributed by atoms with Crippen LogP contribution in [0, 0.1) is 0 Å². The SMILES string of the molecule is CCn1c(SCC(=O)Nc2ccc(S(=O)(=O)N(C)C)cc2)nnc1-c1ccsc1. The summed E-state index contributed by atoms with van der Waals surface area (Å²) in [6, 6.07) is 8.07. The van der Waals surface area contributed by atoms with Crippen LogP contribution in [0.2, 0.25) is 0 Å². The molecule has 0 bridgehead atoms. The van der Waals surface area contributed by atoms with Crippen molar-refractivity contribution < 1.29 is 13.2 Å². The van der Waals surface area contributed by atoms with E-state index in [0.717, 1.165) is 15.7 Å². The van der Waals surface area contributed by atoms with Crippen LogP contribution >= 0.6 is 23.1 Å². The first-order valence-electron chi connectivity index (χ1n) is 8.74. The predicted molar refractivity (Wildman–Crippen MR) is 116 cm³/mol. The summed E-state index contributed by atoms with van der Waals surface area (Å²) in [5.41, 5.74) is 1.54. The van der Waals surface area contributed by atoms with Crippen molar-refractivity contribution in [3.63, 3.8) is 0 Å². The number of carbonyl (C=O) groups is 1. The Kier molecular flexibility index (Phi) is 6.73. The van der Waals surface area contributed by atoms with Gasteiger partial charge >= 0.3 is 0 Å². The zero-order valence-corrected chi connectivity index (χ0v) is 18.6. The Balaban J connectivity index is 1.62. The predicted octanol–water partition coefficient (Wildman–Crippen LogP) is 3.01. The van der Waals surface area contributed by atoms with Gasteiger partial charge in [0, 0.05) is 37.3 Å². The van der Waals surface area contributed by atoms with Crippen molar-refractivity contribution in [2.24, 2.45) is 0 Å². The van der Waals surface area contributed by atoms with Gasteiger partial charge in [-0.3, -0.25) is 4.79 Å². The quantitative estimate of drug-likeness (QED) is 0.529. The second-order valence-corrected chi connectivity index (χ2v) is 10.1. The van der Waals surface area contributed by atoms with Crippen LogP contribution in [0.5, 0.6) is 0 Å². The minimum absolute atomic E-state index is 0.166. The number of hydrogen-bond acceptors (Lipinski definition) is 7. The van der Waals surface area contributed by atoms with Crippen molar-refractivity contribution in [3.8, 4) is 11.4 Å². The van der Waals surface area contributed by atoms with E-state index in [1.807, 2.05) is 28.3 Å². The first-order valence-corrected chi connectivity index (χ1v) is 12.1. The van der Waals surface area contributed by atoms with E-state index in [4.69, 9.17) is 0 Å². The number of amides is 1. The van der Waals surface area contributed by atoms with E-state index < -0.39 is 10.0 Å². The molecule has 1 amide bonds. The van der Waals surface area contributed by atoms with Crippen LogP contribution in [-0.4, -0.2) is 53.2 Å². The largest absolute Gasteiger partial charge is 0.325 e. The Bertz CT molecular complexity index is 1070. The van der Waals surface area contributed by atoms with Crippen LogP contribution in [0.15, 0.2) is 51.1 Å². The molecule has 0 fully saturated rings. The summed E-state index contributed by atoms with van der Waals surface area (Å²) in [6.45, 7) is 2.70. The number of nitrogens with one attached hydrogen (secondary N) is 1. The highest BCUT2D eigenvalue weighted by Crippen LogP contribution is 2.25. The molecule has 0 radical (unpaired) electrons. The summed E-state index contributed by atoms with van der Waals surface area (Å²) in [5, 5.41) is 15.9. The maximum atomic E-state index is 12.3. The standard InChI is InChI=1S/C18H21N5O3S3/c1-4-23-17(13-9-10-27-11-13)20-21-18(23)28-12-16(24)19-14-5-7-15(8-6-14)29(25,26)22(2)3/h5-11H,4,12H2,1-3H3,(H,19,24). The Morgan fingerprint density at radius 1 is 1.21 bits per heavy atom. The summed E-state index contributed by atoms with van der Waals surface area (Å²) in [7, 11) is -0.547. The number of rotatable bonds is 8. The van der Waals surface area contributed by atoms with Crippen LogP contribution in [0.3, 0.4) is 0 Å². The highest BCUT2D eigenvalue weighted by molar-refractivity contribution is 7.99. The molecule has 1 N–H and O–H groups in total. The molecule has 0 atom stereocenters. The Morgan fingerprint density at radius 2 is 1.93 bits per heavy atom. The smallest absolute Gasteiger partial charge is 0.242 e. The van der Waals surface area contributed by atoms with Crippen molar-refractivity contribution >= 4 is 44.7 Å². The number of sulfonamides is 1. The molecule has 11 heteroatoms. The molecule has 0 aliphatic heterocycles. The molecule has 1 aromatic carbocycles. The number of hydrogen-bond donors (Lipinski definition) is 1. The summed E-state index contributed by atoms with van der Waals surface area (Å²) < 4.78 is 27.3.